The minimum atomic E-state index is -1.51. The van der Waals surface area contributed by atoms with E-state index < -0.39 is 65.9 Å². The highest BCUT2D eigenvalue weighted by Gasteiger charge is 2.42. The van der Waals surface area contributed by atoms with Crippen molar-refractivity contribution >= 4 is 35.6 Å². The Balaban J connectivity index is 2.29. The second-order valence-electron chi connectivity index (χ2n) is 12.3. The van der Waals surface area contributed by atoms with Crippen LogP contribution in [0.15, 0.2) is 29.3 Å². The fourth-order valence-corrected chi connectivity index (χ4v) is 5.53. The van der Waals surface area contributed by atoms with Crippen molar-refractivity contribution in [3.63, 3.8) is 0 Å². The van der Waals surface area contributed by atoms with Crippen LogP contribution >= 0.6 is 0 Å². The summed E-state index contributed by atoms with van der Waals surface area (Å²) in [5, 5.41) is 34.7. The molecule has 1 aromatic carbocycles. The maximum absolute atomic E-state index is 13.9. The van der Waals surface area contributed by atoms with Gasteiger partial charge in [0.1, 0.15) is 23.9 Å². The summed E-state index contributed by atoms with van der Waals surface area (Å²) in [6.45, 7) is 5.48. The smallest absolute Gasteiger partial charge is 0.329 e. The zero-order valence-corrected chi connectivity index (χ0v) is 27.5. The minimum absolute atomic E-state index is 0.0205. The highest BCUT2D eigenvalue weighted by molar-refractivity contribution is 5.96. The van der Waals surface area contributed by atoms with Crippen molar-refractivity contribution in [1.82, 2.24) is 20.4 Å². The van der Waals surface area contributed by atoms with Gasteiger partial charge < -0.3 is 53.0 Å². The number of nitrogens with two attached hydrogens (primary N) is 3. The number of aliphatic imine (C=N–C) groups is 1. The summed E-state index contributed by atoms with van der Waals surface area (Å²) in [7, 11) is 1.27. The number of phenols is 1. The van der Waals surface area contributed by atoms with Crippen molar-refractivity contribution in [3.05, 3.63) is 29.8 Å². The van der Waals surface area contributed by atoms with Crippen molar-refractivity contribution in [1.29, 1.82) is 0 Å². The molecule has 6 atom stereocenters. The Hall–Kier alpha value is -4.44. The van der Waals surface area contributed by atoms with Crippen LogP contribution in [0.3, 0.4) is 0 Å². The maximum Gasteiger partial charge on any atom is 0.329 e. The molecule has 0 aromatic heterocycles. The molecule has 16 nitrogen and oxygen atoms in total. The summed E-state index contributed by atoms with van der Waals surface area (Å²) in [6.07, 6.45) is 0.297. The number of aliphatic hydroxyl groups excluding tert-OH is 1. The Morgan fingerprint density at radius 3 is 2.21 bits per heavy atom. The molecule has 0 unspecified atom stereocenters. The molecule has 1 fully saturated rings. The summed E-state index contributed by atoms with van der Waals surface area (Å²) in [4.78, 5) is 72.1. The lowest BCUT2D eigenvalue weighted by atomic mass is 9.99. The third-order valence-electron chi connectivity index (χ3n) is 7.93. The monoisotopic (exact) mass is 662 g/mol. The van der Waals surface area contributed by atoms with E-state index in [1.165, 1.54) is 31.0 Å². The SMILES string of the molecule is CC(C)C[C@@H](NC(=O)[C@@H](Cc1ccc(O)cc1)NC(=O)[C@@H](N)CCCN=C(N)N)C(=O)N1CCC[C@@H]1C(=O)N(C)[C@H](C(=O)O)[C@H](C)O. The molecule has 0 bridgehead atoms. The average molecular weight is 663 g/mol. The van der Waals surface area contributed by atoms with Gasteiger partial charge in [-0.15, -0.1) is 0 Å². The van der Waals surface area contributed by atoms with Crippen LogP contribution in [0.2, 0.25) is 0 Å². The zero-order valence-electron chi connectivity index (χ0n) is 27.5. The standard InChI is InChI=1S/C31H50N8O8/c1-17(2)15-23(28(44)39-14-6-8-24(39)29(45)38(4)25(18(3)40)30(46)47)37-27(43)22(16-19-9-11-20(41)12-10-19)36-26(42)21(32)7-5-13-35-31(33)34/h9-12,17-18,21-25,40-41H,5-8,13-16,32H2,1-4H3,(H,36,42)(H,37,43)(H,46,47)(H4,33,34,35)/t18-,21-,22+,23+,24+,25-/m0/s1. The van der Waals surface area contributed by atoms with E-state index in [-0.39, 0.29) is 56.4 Å². The van der Waals surface area contributed by atoms with Gasteiger partial charge in [-0.2, -0.15) is 0 Å². The van der Waals surface area contributed by atoms with Crippen molar-refractivity contribution in [3.8, 4) is 5.75 Å². The van der Waals surface area contributed by atoms with Crippen LogP contribution in [-0.2, 0) is 30.4 Å². The molecule has 1 aliphatic rings. The minimum Gasteiger partial charge on any atom is -0.508 e. The molecule has 1 aromatic rings. The number of amides is 4. The van der Waals surface area contributed by atoms with E-state index in [0.717, 1.165) is 4.90 Å². The molecule has 2 rings (SSSR count). The van der Waals surface area contributed by atoms with E-state index in [2.05, 4.69) is 15.6 Å². The molecule has 1 heterocycles. The first-order chi connectivity index (χ1) is 22.0. The van der Waals surface area contributed by atoms with Gasteiger partial charge in [-0.1, -0.05) is 26.0 Å². The molecular weight excluding hydrogens is 612 g/mol. The van der Waals surface area contributed by atoms with E-state index in [1.807, 2.05) is 13.8 Å². The number of carboxylic acid groups (broad SMARTS) is 1. The molecule has 0 saturated carbocycles. The number of likely N-dealkylation sites (N-methyl/N-ethyl adjacent to an activating group) is 1. The fraction of sp³-hybridized carbons (Fsp3) is 0.613. The van der Waals surface area contributed by atoms with Gasteiger partial charge in [-0.3, -0.25) is 24.2 Å². The molecule has 11 N–H and O–H groups in total. The van der Waals surface area contributed by atoms with Crippen LogP contribution in [0.1, 0.15) is 58.4 Å². The molecule has 4 amide bonds. The summed E-state index contributed by atoms with van der Waals surface area (Å²) < 4.78 is 0. The van der Waals surface area contributed by atoms with E-state index in [1.54, 1.807) is 12.1 Å². The number of carbonyl (C=O) groups is 5. The third kappa shape index (κ3) is 11.7. The Labute approximate surface area is 274 Å². The number of hydrogen-bond donors (Lipinski definition) is 8. The number of aliphatic carboxylic acids is 1. The van der Waals surface area contributed by atoms with Gasteiger partial charge in [0.2, 0.25) is 23.6 Å². The number of nitrogens with zero attached hydrogens (tertiary/aromatic N) is 3. The van der Waals surface area contributed by atoms with Gasteiger partial charge in [-0.25, -0.2) is 4.79 Å². The maximum atomic E-state index is 13.9. The van der Waals surface area contributed by atoms with Crippen LogP contribution in [0.4, 0.5) is 0 Å². The number of carbonyl (C=O) groups excluding carboxylic acids is 4. The second-order valence-corrected chi connectivity index (χ2v) is 12.3. The van der Waals surface area contributed by atoms with E-state index >= 15 is 0 Å². The number of hydrogen-bond acceptors (Lipinski definition) is 9. The van der Waals surface area contributed by atoms with Gasteiger partial charge in [-0.05, 0) is 62.6 Å². The summed E-state index contributed by atoms with van der Waals surface area (Å²) in [5.74, 6) is -3.91. The topological polar surface area (TPSA) is 267 Å². The third-order valence-corrected chi connectivity index (χ3v) is 7.93. The molecule has 16 heteroatoms. The summed E-state index contributed by atoms with van der Waals surface area (Å²) in [5.41, 5.74) is 17.4. The first-order valence-electron chi connectivity index (χ1n) is 15.7. The van der Waals surface area contributed by atoms with Crippen molar-refractivity contribution in [2.45, 2.75) is 95.6 Å². The molecule has 0 radical (unpaired) electrons. The van der Waals surface area contributed by atoms with Crippen LogP contribution in [-0.4, -0.2) is 117 Å². The van der Waals surface area contributed by atoms with Crippen LogP contribution in [0.25, 0.3) is 0 Å². The predicted octanol–water partition coefficient (Wildman–Crippen LogP) is -1.39. The number of nitrogens with one attached hydrogen (secondary N) is 2. The predicted molar refractivity (Wildman–Crippen MR) is 174 cm³/mol. The van der Waals surface area contributed by atoms with E-state index in [0.29, 0.717) is 18.4 Å². The Kier molecular flexibility index (Phi) is 14.9. The molecule has 262 valence electrons. The quantitative estimate of drug-likeness (QED) is 0.0547. The van der Waals surface area contributed by atoms with Gasteiger partial charge in [0, 0.05) is 26.6 Å². The fourth-order valence-electron chi connectivity index (χ4n) is 5.53. The van der Waals surface area contributed by atoms with Crippen molar-refractivity contribution in [2.75, 3.05) is 20.1 Å². The first-order valence-corrected chi connectivity index (χ1v) is 15.7. The highest BCUT2D eigenvalue weighted by Crippen LogP contribution is 2.23. The molecule has 1 aliphatic heterocycles. The van der Waals surface area contributed by atoms with Crippen LogP contribution < -0.4 is 27.8 Å². The number of likely N-dealkylation sites (tertiary alicyclic amines) is 1. The Morgan fingerprint density at radius 2 is 1.66 bits per heavy atom. The number of carboxylic acids is 1. The molecule has 1 saturated heterocycles. The number of rotatable bonds is 17. The molecular formula is C31H50N8O8. The van der Waals surface area contributed by atoms with Crippen molar-refractivity contribution < 1.29 is 39.3 Å². The number of aliphatic hydroxyl groups is 1. The molecule has 0 aliphatic carbocycles. The highest BCUT2D eigenvalue weighted by atomic mass is 16.4. The number of guanidine groups is 1. The Bertz CT molecular complexity index is 1270. The lowest BCUT2D eigenvalue weighted by molar-refractivity contribution is -0.156. The van der Waals surface area contributed by atoms with E-state index in [9.17, 15) is 39.3 Å². The van der Waals surface area contributed by atoms with Crippen LogP contribution in [0, 0.1) is 5.92 Å². The summed E-state index contributed by atoms with van der Waals surface area (Å²) >= 11 is 0. The largest absolute Gasteiger partial charge is 0.508 e. The van der Waals surface area contributed by atoms with Crippen LogP contribution in [0.5, 0.6) is 5.75 Å². The Morgan fingerprint density at radius 1 is 1.04 bits per heavy atom. The lowest BCUT2D eigenvalue weighted by Crippen LogP contribution is -2.59. The molecule has 0 spiro atoms. The second kappa shape index (κ2) is 18.0. The average Bonchev–Trinajstić information content (AvgIpc) is 3.48. The number of aromatic hydroxyl groups is 1. The normalized spacial score (nSPS) is 17.6. The number of phenolic OH excluding ortho intramolecular Hbond substituents is 1. The van der Waals surface area contributed by atoms with Gasteiger partial charge >= 0.3 is 5.97 Å². The van der Waals surface area contributed by atoms with E-state index in [4.69, 9.17) is 17.2 Å². The van der Waals surface area contributed by atoms with Gasteiger partial charge in [0.25, 0.3) is 0 Å². The summed E-state index contributed by atoms with van der Waals surface area (Å²) in [6, 6.07) is 0.407. The van der Waals surface area contributed by atoms with Gasteiger partial charge in [0.15, 0.2) is 12.0 Å². The van der Waals surface area contributed by atoms with Gasteiger partial charge in [0.05, 0.1) is 12.1 Å². The lowest BCUT2D eigenvalue weighted by Gasteiger charge is -2.34. The van der Waals surface area contributed by atoms with Crippen molar-refractivity contribution in [2.24, 2.45) is 28.1 Å². The molecule has 47 heavy (non-hydrogen) atoms. The first kappa shape index (κ1) is 38.7. The zero-order chi connectivity index (χ0) is 35.4. The number of benzene rings is 1.